The summed E-state index contributed by atoms with van der Waals surface area (Å²) in [6.07, 6.45) is 10.1. The van der Waals surface area contributed by atoms with Gasteiger partial charge in [-0.05, 0) is 79.1 Å². The third kappa shape index (κ3) is 6.05. The van der Waals surface area contributed by atoms with E-state index in [9.17, 15) is 4.79 Å². The predicted molar refractivity (Wildman–Crippen MR) is 125 cm³/mol. The number of hydrogen-bond donors (Lipinski definition) is 0. The number of ether oxygens (including phenoxy) is 1. The van der Waals surface area contributed by atoms with E-state index >= 15 is 0 Å². The van der Waals surface area contributed by atoms with E-state index in [4.69, 9.17) is 4.74 Å². The SMILES string of the molecule is C=CCCc1ccc(-c2ccc(OC(=O)c3ccc(CC/C=C/C)cc3)cc2)cc1. The first-order chi connectivity index (χ1) is 14.7. The van der Waals surface area contributed by atoms with E-state index in [1.807, 2.05) is 61.5 Å². The number of allylic oxidation sites excluding steroid dienone is 3. The number of carbonyl (C=O) groups excluding carboxylic acids is 1. The van der Waals surface area contributed by atoms with Crippen LogP contribution in [0, 0.1) is 0 Å². The summed E-state index contributed by atoms with van der Waals surface area (Å²) in [6, 6.07) is 23.8. The molecule has 0 aromatic heterocycles. The first kappa shape index (κ1) is 21.3. The molecule has 152 valence electrons. The number of rotatable bonds is 9. The fourth-order valence-corrected chi connectivity index (χ4v) is 3.24. The van der Waals surface area contributed by atoms with Crippen LogP contribution in [0.3, 0.4) is 0 Å². The molecule has 2 heteroatoms. The first-order valence-corrected chi connectivity index (χ1v) is 10.4. The zero-order valence-electron chi connectivity index (χ0n) is 17.5. The highest BCUT2D eigenvalue weighted by Gasteiger charge is 2.09. The van der Waals surface area contributed by atoms with Crippen molar-refractivity contribution in [2.24, 2.45) is 0 Å². The molecule has 3 aromatic carbocycles. The highest BCUT2D eigenvalue weighted by Crippen LogP contribution is 2.24. The topological polar surface area (TPSA) is 26.3 Å². The molecule has 3 rings (SSSR count). The average molecular weight is 397 g/mol. The lowest BCUT2D eigenvalue weighted by Crippen LogP contribution is -2.08. The average Bonchev–Trinajstić information content (AvgIpc) is 2.79. The van der Waals surface area contributed by atoms with Crippen LogP contribution in [0.25, 0.3) is 11.1 Å². The van der Waals surface area contributed by atoms with E-state index in [1.54, 1.807) is 0 Å². The van der Waals surface area contributed by atoms with Gasteiger partial charge >= 0.3 is 5.97 Å². The van der Waals surface area contributed by atoms with Crippen LogP contribution in [0.2, 0.25) is 0 Å². The number of carbonyl (C=O) groups is 1. The van der Waals surface area contributed by atoms with Crippen molar-refractivity contribution in [3.63, 3.8) is 0 Å². The van der Waals surface area contributed by atoms with Gasteiger partial charge in [0.25, 0.3) is 0 Å². The monoisotopic (exact) mass is 396 g/mol. The van der Waals surface area contributed by atoms with Gasteiger partial charge in [0, 0.05) is 0 Å². The molecule has 0 spiro atoms. The first-order valence-electron chi connectivity index (χ1n) is 10.4. The Morgan fingerprint density at radius 3 is 1.90 bits per heavy atom. The molecule has 0 bridgehead atoms. The normalized spacial score (nSPS) is 10.8. The number of hydrogen-bond acceptors (Lipinski definition) is 2. The molecule has 30 heavy (non-hydrogen) atoms. The van der Waals surface area contributed by atoms with Crippen molar-refractivity contribution in [2.45, 2.75) is 32.6 Å². The number of aryl methyl sites for hydroxylation is 2. The summed E-state index contributed by atoms with van der Waals surface area (Å²) in [4.78, 5) is 12.4. The van der Waals surface area contributed by atoms with Gasteiger partial charge in [-0.2, -0.15) is 0 Å². The van der Waals surface area contributed by atoms with Gasteiger partial charge in [-0.25, -0.2) is 4.79 Å². The third-order valence-electron chi connectivity index (χ3n) is 5.01. The molecule has 0 fully saturated rings. The van der Waals surface area contributed by atoms with Gasteiger partial charge in [-0.1, -0.05) is 66.8 Å². The van der Waals surface area contributed by atoms with Crippen molar-refractivity contribution in [3.8, 4) is 16.9 Å². The molecule has 0 aliphatic rings. The van der Waals surface area contributed by atoms with Crippen LogP contribution in [0.5, 0.6) is 5.75 Å². The minimum Gasteiger partial charge on any atom is -0.423 e. The number of esters is 1. The van der Waals surface area contributed by atoms with Gasteiger partial charge in [-0.15, -0.1) is 6.58 Å². The van der Waals surface area contributed by atoms with Gasteiger partial charge in [0.1, 0.15) is 5.75 Å². The van der Waals surface area contributed by atoms with E-state index in [0.717, 1.165) is 36.8 Å². The molecule has 2 nitrogen and oxygen atoms in total. The van der Waals surface area contributed by atoms with Crippen LogP contribution in [0.1, 0.15) is 41.3 Å². The summed E-state index contributed by atoms with van der Waals surface area (Å²) >= 11 is 0. The van der Waals surface area contributed by atoms with Crippen LogP contribution >= 0.6 is 0 Å². The van der Waals surface area contributed by atoms with Crippen LogP contribution < -0.4 is 4.74 Å². The minimum atomic E-state index is -0.339. The molecule has 0 aliphatic heterocycles. The van der Waals surface area contributed by atoms with Gasteiger partial charge in [0.2, 0.25) is 0 Å². The second-order valence-corrected chi connectivity index (χ2v) is 7.24. The second kappa shape index (κ2) is 11.0. The summed E-state index contributed by atoms with van der Waals surface area (Å²) in [5, 5.41) is 0. The fourth-order valence-electron chi connectivity index (χ4n) is 3.24. The predicted octanol–water partition coefficient (Wildman–Crippen LogP) is 7.20. The molecule has 0 atom stereocenters. The summed E-state index contributed by atoms with van der Waals surface area (Å²) in [7, 11) is 0. The Hall–Kier alpha value is -3.39. The molecule has 0 aliphatic carbocycles. The van der Waals surface area contributed by atoms with Crippen molar-refractivity contribution in [1.82, 2.24) is 0 Å². The maximum absolute atomic E-state index is 12.4. The minimum absolute atomic E-state index is 0.339. The molecule has 0 N–H and O–H groups in total. The maximum Gasteiger partial charge on any atom is 0.343 e. The summed E-state index contributed by atoms with van der Waals surface area (Å²) in [5.41, 5.74) is 5.31. The van der Waals surface area contributed by atoms with Gasteiger partial charge in [-0.3, -0.25) is 0 Å². The molecule has 0 amide bonds. The van der Waals surface area contributed by atoms with Gasteiger partial charge in [0.05, 0.1) is 5.56 Å². The van der Waals surface area contributed by atoms with Crippen LogP contribution in [-0.2, 0) is 12.8 Å². The van der Waals surface area contributed by atoms with Crippen molar-refractivity contribution < 1.29 is 9.53 Å². The zero-order valence-corrected chi connectivity index (χ0v) is 17.5. The lowest BCUT2D eigenvalue weighted by atomic mass is 10.0. The lowest BCUT2D eigenvalue weighted by Gasteiger charge is -2.07. The Bertz CT molecular complexity index is 978. The van der Waals surface area contributed by atoms with E-state index in [-0.39, 0.29) is 5.97 Å². The second-order valence-electron chi connectivity index (χ2n) is 7.24. The Morgan fingerprint density at radius 2 is 1.33 bits per heavy atom. The summed E-state index contributed by atoms with van der Waals surface area (Å²) in [6.45, 7) is 5.79. The molecule has 0 saturated heterocycles. The van der Waals surface area contributed by atoms with Gasteiger partial charge < -0.3 is 4.74 Å². The van der Waals surface area contributed by atoms with Crippen molar-refractivity contribution in [1.29, 1.82) is 0 Å². The maximum atomic E-state index is 12.4. The Morgan fingerprint density at radius 1 is 0.800 bits per heavy atom. The highest BCUT2D eigenvalue weighted by molar-refractivity contribution is 5.91. The molecule has 0 saturated carbocycles. The third-order valence-corrected chi connectivity index (χ3v) is 5.01. The smallest absolute Gasteiger partial charge is 0.343 e. The molecule has 3 aromatic rings. The van der Waals surface area contributed by atoms with E-state index < -0.39 is 0 Å². The van der Waals surface area contributed by atoms with E-state index in [2.05, 4.69) is 43.0 Å². The van der Waals surface area contributed by atoms with E-state index in [1.165, 1.54) is 11.1 Å². The largest absolute Gasteiger partial charge is 0.423 e. The molecular weight excluding hydrogens is 368 g/mol. The highest BCUT2D eigenvalue weighted by atomic mass is 16.5. The summed E-state index contributed by atoms with van der Waals surface area (Å²) < 4.78 is 5.53. The summed E-state index contributed by atoms with van der Waals surface area (Å²) in [5.74, 6) is 0.206. The Kier molecular flexibility index (Phi) is 7.79. The Balaban J connectivity index is 1.59. The molecule has 0 unspecified atom stereocenters. The van der Waals surface area contributed by atoms with Crippen LogP contribution in [0.15, 0.2) is 97.6 Å². The van der Waals surface area contributed by atoms with E-state index in [0.29, 0.717) is 11.3 Å². The fraction of sp³-hybridized carbons (Fsp3) is 0.179. The van der Waals surface area contributed by atoms with Crippen LogP contribution in [-0.4, -0.2) is 5.97 Å². The lowest BCUT2D eigenvalue weighted by molar-refractivity contribution is 0.0735. The molecular formula is C28H28O2. The quantitative estimate of drug-likeness (QED) is 0.217. The van der Waals surface area contributed by atoms with Crippen LogP contribution in [0.4, 0.5) is 0 Å². The van der Waals surface area contributed by atoms with Crippen molar-refractivity contribution in [3.05, 3.63) is 114 Å². The zero-order chi connectivity index (χ0) is 21.2. The van der Waals surface area contributed by atoms with Crippen molar-refractivity contribution >= 4 is 5.97 Å². The van der Waals surface area contributed by atoms with Crippen molar-refractivity contribution in [2.75, 3.05) is 0 Å². The Labute approximate surface area is 179 Å². The number of benzene rings is 3. The standard InChI is InChI=1S/C28H28O2/c1-3-5-7-9-23-12-16-26(17-13-23)28(29)30-27-20-18-25(19-21-27)24-14-10-22(11-15-24)8-6-4-2/h3-5,10-21H,2,6-9H2,1H3/b5-3+. The molecule has 0 heterocycles. The van der Waals surface area contributed by atoms with Gasteiger partial charge in [0.15, 0.2) is 0 Å². The molecule has 0 radical (unpaired) electrons.